The number of aryl methyl sites for hydroxylation is 2. The molecule has 31 heavy (non-hydrogen) atoms. The minimum Gasteiger partial charge on any atom is -0.433 e. The van der Waals surface area contributed by atoms with Crippen molar-refractivity contribution in [1.29, 1.82) is 0 Å². The Kier molecular flexibility index (Phi) is 5.62. The third-order valence-electron chi connectivity index (χ3n) is 4.82. The molecule has 0 radical (unpaired) electrons. The zero-order valence-corrected chi connectivity index (χ0v) is 17.0. The molecule has 2 aromatic carbocycles. The lowest BCUT2D eigenvalue weighted by Crippen LogP contribution is -2.15. The number of anilines is 1. The van der Waals surface area contributed by atoms with Crippen molar-refractivity contribution >= 4 is 22.5 Å². The van der Waals surface area contributed by atoms with Gasteiger partial charge in [-0.05, 0) is 43.7 Å². The quantitative estimate of drug-likeness (QED) is 0.459. The first-order valence-electron chi connectivity index (χ1n) is 9.74. The van der Waals surface area contributed by atoms with Gasteiger partial charge in [0.1, 0.15) is 5.75 Å². The second-order valence-corrected chi connectivity index (χ2v) is 6.99. The van der Waals surface area contributed by atoms with E-state index in [0.29, 0.717) is 28.7 Å². The van der Waals surface area contributed by atoms with E-state index in [0.717, 1.165) is 11.1 Å². The Morgan fingerprint density at radius 3 is 2.74 bits per heavy atom. The number of carbonyl (C=O) groups excluding carboxylic acids is 1. The summed E-state index contributed by atoms with van der Waals surface area (Å²) in [7, 11) is 0. The van der Waals surface area contributed by atoms with Crippen molar-refractivity contribution in [2.75, 3.05) is 5.32 Å². The molecule has 4 rings (SSSR count). The number of alkyl halides is 2. The first kappa shape index (κ1) is 20.5. The van der Waals surface area contributed by atoms with Crippen LogP contribution in [0.4, 0.5) is 14.5 Å². The summed E-state index contributed by atoms with van der Waals surface area (Å²) in [6.45, 7) is 1.44. The number of hydrogen-bond donors (Lipinski definition) is 1. The van der Waals surface area contributed by atoms with Crippen LogP contribution in [0, 0.1) is 6.92 Å². The molecule has 0 spiro atoms. The van der Waals surface area contributed by atoms with Crippen LogP contribution in [0.2, 0.25) is 0 Å². The average molecular weight is 422 g/mol. The van der Waals surface area contributed by atoms with Crippen molar-refractivity contribution < 1.29 is 18.3 Å². The van der Waals surface area contributed by atoms with Crippen LogP contribution in [0.15, 0.2) is 60.9 Å². The summed E-state index contributed by atoms with van der Waals surface area (Å²) in [6, 6.07) is 13.6. The van der Waals surface area contributed by atoms with Crippen LogP contribution >= 0.6 is 0 Å². The number of para-hydroxylation sites is 1. The van der Waals surface area contributed by atoms with Gasteiger partial charge in [0.25, 0.3) is 5.91 Å². The van der Waals surface area contributed by atoms with Gasteiger partial charge in [-0.3, -0.25) is 9.48 Å². The van der Waals surface area contributed by atoms with Gasteiger partial charge in [-0.15, -0.1) is 0 Å². The van der Waals surface area contributed by atoms with Gasteiger partial charge in [0.15, 0.2) is 0 Å². The number of fused-ring (bicyclic) bond motifs is 1. The fourth-order valence-corrected chi connectivity index (χ4v) is 3.30. The molecular weight excluding hydrogens is 402 g/mol. The molecule has 0 aliphatic carbocycles. The standard InChI is InChI=1S/C23H20F2N4O2/c1-3-29-13-15(12-26-29)20-11-17(16-6-4-5-7-18(16)27-20)22(30)28-19-9-8-14(2)10-21(19)31-23(24)25/h4-13,23H,3H2,1-2H3,(H,28,30). The van der Waals surface area contributed by atoms with Crippen molar-refractivity contribution in [3.8, 4) is 17.0 Å². The predicted molar refractivity (Wildman–Crippen MR) is 114 cm³/mol. The Morgan fingerprint density at radius 2 is 2.00 bits per heavy atom. The van der Waals surface area contributed by atoms with Crippen molar-refractivity contribution in [2.24, 2.45) is 0 Å². The molecule has 0 aliphatic heterocycles. The molecule has 0 aliphatic rings. The van der Waals surface area contributed by atoms with E-state index < -0.39 is 12.5 Å². The molecule has 2 heterocycles. The van der Waals surface area contributed by atoms with Crippen LogP contribution in [0.1, 0.15) is 22.8 Å². The Balaban J connectivity index is 1.76. The van der Waals surface area contributed by atoms with Crippen molar-refractivity contribution in [1.82, 2.24) is 14.8 Å². The Labute approximate surface area is 177 Å². The maximum Gasteiger partial charge on any atom is 0.387 e. The highest BCUT2D eigenvalue weighted by atomic mass is 19.3. The number of pyridine rings is 1. The molecule has 0 unspecified atom stereocenters. The number of nitrogens with zero attached hydrogens (tertiary/aromatic N) is 3. The minimum atomic E-state index is -3.00. The first-order chi connectivity index (χ1) is 14.9. The number of hydrogen-bond acceptors (Lipinski definition) is 4. The Morgan fingerprint density at radius 1 is 1.19 bits per heavy atom. The molecule has 0 atom stereocenters. The number of nitrogens with one attached hydrogen (secondary N) is 1. The van der Waals surface area contributed by atoms with Gasteiger partial charge in [-0.1, -0.05) is 24.3 Å². The molecule has 0 bridgehead atoms. The lowest BCUT2D eigenvalue weighted by atomic mass is 10.0. The largest absolute Gasteiger partial charge is 0.433 e. The number of benzene rings is 2. The van der Waals surface area contributed by atoms with Gasteiger partial charge in [-0.2, -0.15) is 13.9 Å². The van der Waals surface area contributed by atoms with Crippen LogP contribution in [0.25, 0.3) is 22.2 Å². The van der Waals surface area contributed by atoms with Crippen molar-refractivity contribution in [3.63, 3.8) is 0 Å². The van der Waals surface area contributed by atoms with Crippen LogP contribution in [-0.4, -0.2) is 27.3 Å². The smallest absolute Gasteiger partial charge is 0.387 e. The number of amides is 1. The summed E-state index contributed by atoms with van der Waals surface area (Å²) in [4.78, 5) is 17.8. The van der Waals surface area contributed by atoms with E-state index in [1.165, 1.54) is 6.07 Å². The highest BCUT2D eigenvalue weighted by Gasteiger charge is 2.18. The van der Waals surface area contributed by atoms with Crippen molar-refractivity contribution in [3.05, 3.63) is 72.1 Å². The zero-order chi connectivity index (χ0) is 22.0. The molecule has 1 amide bonds. The third-order valence-corrected chi connectivity index (χ3v) is 4.82. The average Bonchev–Trinajstić information content (AvgIpc) is 3.24. The lowest BCUT2D eigenvalue weighted by Gasteiger charge is -2.14. The van der Waals surface area contributed by atoms with E-state index in [-0.39, 0.29) is 11.4 Å². The molecule has 1 N–H and O–H groups in total. The summed E-state index contributed by atoms with van der Waals surface area (Å²) in [6.07, 6.45) is 3.55. The monoisotopic (exact) mass is 422 g/mol. The maximum absolute atomic E-state index is 13.2. The van der Waals surface area contributed by atoms with E-state index in [1.807, 2.05) is 31.3 Å². The Bertz CT molecular complexity index is 1250. The summed E-state index contributed by atoms with van der Waals surface area (Å²) in [5.74, 6) is -0.545. The van der Waals surface area contributed by atoms with Crippen LogP contribution < -0.4 is 10.1 Å². The van der Waals surface area contributed by atoms with Crippen LogP contribution in [0.5, 0.6) is 5.75 Å². The van der Waals surface area contributed by atoms with Gasteiger partial charge in [0.2, 0.25) is 0 Å². The maximum atomic E-state index is 13.2. The summed E-state index contributed by atoms with van der Waals surface area (Å²) >= 11 is 0. The number of carbonyl (C=O) groups is 1. The Hall–Kier alpha value is -3.81. The molecule has 158 valence electrons. The summed E-state index contributed by atoms with van der Waals surface area (Å²) in [5, 5.41) is 7.62. The highest BCUT2D eigenvalue weighted by Crippen LogP contribution is 2.30. The normalized spacial score (nSPS) is 11.1. The number of aromatic nitrogens is 3. The van der Waals surface area contributed by atoms with E-state index in [1.54, 1.807) is 42.1 Å². The molecule has 4 aromatic rings. The minimum absolute atomic E-state index is 0.0915. The fraction of sp³-hybridized carbons (Fsp3) is 0.174. The first-order valence-corrected chi connectivity index (χ1v) is 9.74. The van der Waals surface area contributed by atoms with Crippen LogP contribution in [-0.2, 0) is 6.54 Å². The van der Waals surface area contributed by atoms with Crippen LogP contribution in [0.3, 0.4) is 0 Å². The van der Waals surface area contributed by atoms with Gasteiger partial charge in [-0.25, -0.2) is 4.98 Å². The van der Waals surface area contributed by atoms with E-state index in [4.69, 9.17) is 0 Å². The second kappa shape index (κ2) is 8.51. The predicted octanol–water partition coefficient (Wildman–Crippen LogP) is 5.28. The molecular formula is C23H20F2N4O2. The van der Waals surface area contributed by atoms with E-state index in [2.05, 4.69) is 20.1 Å². The lowest BCUT2D eigenvalue weighted by molar-refractivity contribution is -0.0494. The van der Waals surface area contributed by atoms with E-state index in [9.17, 15) is 13.6 Å². The summed E-state index contributed by atoms with van der Waals surface area (Å²) in [5.41, 5.74) is 3.28. The number of ether oxygens (including phenoxy) is 1. The van der Waals surface area contributed by atoms with E-state index >= 15 is 0 Å². The van der Waals surface area contributed by atoms with Gasteiger partial charge >= 0.3 is 6.61 Å². The van der Waals surface area contributed by atoms with Gasteiger partial charge in [0.05, 0.1) is 28.7 Å². The topological polar surface area (TPSA) is 69.0 Å². The number of halogens is 2. The second-order valence-electron chi connectivity index (χ2n) is 6.99. The molecule has 0 fully saturated rings. The van der Waals surface area contributed by atoms with Gasteiger partial charge < -0.3 is 10.1 Å². The fourth-order valence-electron chi connectivity index (χ4n) is 3.30. The van der Waals surface area contributed by atoms with Crippen molar-refractivity contribution in [2.45, 2.75) is 27.0 Å². The zero-order valence-electron chi connectivity index (χ0n) is 17.0. The summed E-state index contributed by atoms with van der Waals surface area (Å²) < 4.78 is 32.0. The van der Waals surface area contributed by atoms with Gasteiger partial charge in [0, 0.05) is 23.7 Å². The molecule has 0 saturated carbocycles. The number of rotatable bonds is 6. The molecule has 8 heteroatoms. The third kappa shape index (κ3) is 4.37. The molecule has 0 saturated heterocycles. The SMILES string of the molecule is CCn1cc(-c2cc(C(=O)Nc3ccc(C)cc3OC(F)F)c3ccccc3n2)cn1. The highest BCUT2D eigenvalue weighted by molar-refractivity contribution is 6.13. The molecule has 2 aromatic heterocycles. The molecule has 6 nitrogen and oxygen atoms in total.